The maximum Gasteiger partial charge on any atom is 0.296 e. The Morgan fingerprint density at radius 1 is 1.07 bits per heavy atom. The number of anilines is 1. The van der Waals surface area contributed by atoms with Crippen LogP contribution in [0.15, 0.2) is 68.3 Å². The molecule has 1 amide bonds. The van der Waals surface area contributed by atoms with E-state index in [0.717, 1.165) is 0 Å². The molecule has 7 nitrogen and oxygen atoms in total. The molecular weight excluding hydrogens is 372 g/mol. The van der Waals surface area contributed by atoms with Gasteiger partial charge in [0.25, 0.3) is 5.91 Å². The van der Waals surface area contributed by atoms with Gasteiger partial charge in [0.05, 0.1) is 24.1 Å². The Bertz CT molecular complexity index is 1320. The quantitative estimate of drug-likeness (QED) is 0.530. The average Bonchev–Trinajstić information content (AvgIpc) is 3.29. The summed E-state index contributed by atoms with van der Waals surface area (Å²) in [5.74, 6) is 1.06. The number of amides is 1. The molecule has 0 bridgehead atoms. The van der Waals surface area contributed by atoms with Crippen LogP contribution in [0.3, 0.4) is 0 Å². The van der Waals surface area contributed by atoms with Crippen molar-refractivity contribution in [1.82, 2.24) is 5.16 Å². The van der Waals surface area contributed by atoms with Crippen molar-refractivity contribution in [3.63, 3.8) is 0 Å². The van der Waals surface area contributed by atoms with Crippen molar-refractivity contribution in [2.75, 3.05) is 12.0 Å². The number of methoxy groups -OCH3 is 1. The zero-order valence-corrected chi connectivity index (χ0v) is 15.7. The third kappa shape index (κ3) is 2.55. The molecule has 29 heavy (non-hydrogen) atoms. The first kappa shape index (κ1) is 17.2. The molecule has 1 atom stereocenters. The number of hydrogen-bond donors (Lipinski definition) is 0. The van der Waals surface area contributed by atoms with Gasteiger partial charge in [0.2, 0.25) is 5.76 Å². The van der Waals surface area contributed by atoms with E-state index in [2.05, 4.69) is 5.16 Å². The Labute approximate surface area is 165 Å². The van der Waals surface area contributed by atoms with Gasteiger partial charge < -0.3 is 13.7 Å². The molecule has 0 unspecified atom stereocenters. The van der Waals surface area contributed by atoms with Crippen LogP contribution in [0.2, 0.25) is 0 Å². The molecule has 0 radical (unpaired) electrons. The highest BCUT2D eigenvalue weighted by molar-refractivity contribution is 6.10. The van der Waals surface area contributed by atoms with Crippen LogP contribution in [0.1, 0.15) is 33.5 Å². The molecule has 1 aliphatic heterocycles. The summed E-state index contributed by atoms with van der Waals surface area (Å²) in [5.41, 5.74) is 1.11. The molecular formula is C22H16N2O5. The summed E-state index contributed by atoms with van der Waals surface area (Å²) in [4.78, 5) is 28.1. The molecule has 0 spiro atoms. The van der Waals surface area contributed by atoms with Crippen molar-refractivity contribution in [2.24, 2.45) is 0 Å². The van der Waals surface area contributed by atoms with Crippen LogP contribution in [0.5, 0.6) is 5.75 Å². The summed E-state index contributed by atoms with van der Waals surface area (Å²) in [6.07, 6.45) is 0. The van der Waals surface area contributed by atoms with Crippen LogP contribution in [0.4, 0.5) is 5.82 Å². The molecule has 2 aromatic heterocycles. The van der Waals surface area contributed by atoms with Crippen LogP contribution in [-0.2, 0) is 0 Å². The third-order valence-electron chi connectivity index (χ3n) is 5.05. The zero-order chi connectivity index (χ0) is 20.1. The maximum absolute atomic E-state index is 13.4. The van der Waals surface area contributed by atoms with Crippen LogP contribution in [0.25, 0.3) is 11.0 Å². The van der Waals surface area contributed by atoms with Crippen molar-refractivity contribution < 1.29 is 18.5 Å². The lowest BCUT2D eigenvalue weighted by Crippen LogP contribution is -2.29. The highest BCUT2D eigenvalue weighted by Gasteiger charge is 2.44. The topological polar surface area (TPSA) is 85.8 Å². The van der Waals surface area contributed by atoms with Gasteiger partial charge >= 0.3 is 0 Å². The van der Waals surface area contributed by atoms with Gasteiger partial charge in [-0.15, -0.1) is 0 Å². The number of aromatic nitrogens is 1. The second kappa shape index (κ2) is 6.34. The van der Waals surface area contributed by atoms with Gasteiger partial charge in [-0.2, -0.15) is 0 Å². The van der Waals surface area contributed by atoms with Crippen molar-refractivity contribution in [1.29, 1.82) is 0 Å². The van der Waals surface area contributed by atoms with Crippen LogP contribution in [0, 0.1) is 6.92 Å². The molecule has 0 saturated carbocycles. The van der Waals surface area contributed by atoms with Gasteiger partial charge in [-0.05, 0) is 36.8 Å². The first-order valence-electron chi connectivity index (χ1n) is 9.05. The molecule has 3 heterocycles. The predicted octanol–water partition coefficient (Wildman–Crippen LogP) is 3.85. The number of fused-ring (bicyclic) bond motifs is 2. The molecule has 2 aromatic carbocycles. The minimum Gasteiger partial charge on any atom is -0.497 e. The van der Waals surface area contributed by atoms with Gasteiger partial charge in [-0.3, -0.25) is 14.5 Å². The smallest absolute Gasteiger partial charge is 0.296 e. The van der Waals surface area contributed by atoms with E-state index < -0.39 is 11.9 Å². The second-order valence-corrected chi connectivity index (χ2v) is 6.82. The van der Waals surface area contributed by atoms with E-state index >= 15 is 0 Å². The Balaban J connectivity index is 1.82. The predicted molar refractivity (Wildman–Crippen MR) is 105 cm³/mol. The first-order chi connectivity index (χ1) is 14.1. The van der Waals surface area contributed by atoms with E-state index in [0.29, 0.717) is 33.9 Å². The lowest BCUT2D eigenvalue weighted by atomic mass is 9.98. The molecule has 144 valence electrons. The minimum atomic E-state index is -0.710. The Hall–Kier alpha value is -3.87. The molecule has 0 aliphatic carbocycles. The molecule has 1 aliphatic rings. The zero-order valence-electron chi connectivity index (χ0n) is 15.7. The number of rotatable bonds is 3. The normalized spacial score (nSPS) is 15.7. The SMILES string of the molecule is COc1cccc([C@@H]2c3c(oc4ccccc4c3=O)C(=O)N2c2cc(C)on2)c1. The van der Waals surface area contributed by atoms with E-state index in [9.17, 15) is 9.59 Å². The Morgan fingerprint density at radius 3 is 2.66 bits per heavy atom. The summed E-state index contributed by atoms with van der Waals surface area (Å²) in [5, 5.41) is 4.43. The second-order valence-electron chi connectivity index (χ2n) is 6.82. The fraction of sp³-hybridized carbons (Fsp3) is 0.136. The fourth-order valence-corrected chi connectivity index (χ4v) is 3.75. The third-order valence-corrected chi connectivity index (χ3v) is 5.05. The number of nitrogens with zero attached hydrogens (tertiary/aromatic N) is 2. The summed E-state index contributed by atoms with van der Waals surface area (Å²) in [7, 11) is 1.56. The monoisotopic (exact) mass is 388 g/mol. The van der Waals surface area contributed by atoms with E-state index in [4.69, 9.17) is 13.7 Å². The summed E-state index contributed by atoms with van der Waals surface area (Å²) in [6.45, 7) is 1.74. The lowest BCUT2D eigenvalue weighted by molar-refractivity contribution is 0.0969. The van der Waals surface area contributed by atoms with Crippen molar-refractivity contribution in [2.45, 2.75) is 13.0 Å². The Kier molecular flexibility index (Phi) is 3.77. The van der Waals surface area contributed by atoms with E-state index in [1.165, 1.54) is 4.90 Å². The standard InChI is InChI=1S/C22H16N2O5/c1-12-10-17(23-29-12)24-19(13-6-5-7-14(11-13)27-2)18-20(25)15-8-3-4-9-16(15)28-21(18)22(24)26/h3-11,19H,1-2H3/t19-/m1/s1. The van der Waals surface area contributed by atoms with Gasteiger partial charge in [0.15, 0.2) is 11.2 Å². The molecule has 5 rings (SSSR count). The van der Waals surface area contributed by atoms with Crippen LogP contribution >= 0.6 is 0 Å². The van der Waals surface area contributed by atoms with E-state index in [-0.39, 0.29) is 16.8 Å². The minimum absolute atomic E-state index is 0.0159. The highest BCUT2D eigenvalue weighted by atomic mass is 16.5. The average molecular weight is 388 g/mol. The summed E-state index contributed by atoms with van der Waals surface area (Å²) >= 11 is 0. The number of benzene rings is 2. The molecule has 0 fully saturated rings. The van der Waals surface area contributed by atoms with Gasteiger partial charge in [0, 0.05) is 6.07 Å². The molecule has 0 saturated heterocycles. The lowest BCUT2D eigenvalue weighted by Gasteiger charge is -2.22. The van der Waals surface area contributed by atoms with Crippen molar-refractivity contribution >= 4 is 22.7 Å². The number of carbonyl (C=O) groups excluding carboxylic acids is 1. The van der Waals surface area contributed by atoms with Crippen molar-refractivity contribution in [3.05, 3.63) is 87.5 Å². The van der Waals surface area contributed by atoms with Crippen molar-refractivity contribution in [3.8, 4) is 5.75 Å². The van der Waals surface area contributed by atoms with Gasteiger partial charge in [0.1, 0.15) is 17.1 Å². The Morgan fingerprint density at radius 2 is 1.90 bits per heavy atom. The number of carbonyl (C=O) groups is 1. The van der Waals surface area contributed by atoms with Crippen LogP contribution < -0.4 is 15.1 Å². The van der Waals surface area contributed by atoms with Crippen LogP contribution in [-0.4, -0.2) is 18.2 Å². The number of aryl methyl sites for hydroxylation is 1. The fourth-order valence-electron chi connectivity index (χ4n) is 3.75. The molecule has 7 heteroatoms. The number of hydrogen-bond acceptors (Lipinski definition) is 6. The van der Waals surface area contributed by atoms with E-state index in [1.54, 1.807) is 56.5 Å². The maximum atomic E-state index is 13.4. The largest absolute Gasteiger partial charge is 0.497 e. The van der Waals surface area contributed by atoms with Gasteiger partial charge in [-0.1, -0.05) is 29.4 Å². The summed E-state index contributed by atoms with van der Waals surface area (Å²) < 4.78 is 16.4. The van der Waals surface area contributed by atoms with E-state index in [1.807, 2.05) is 12.1 Å². The highest BCUT2D eigenvalue weighted by Crippen LogP contribution is 2.41. The first-order valence-corrected chi connectivity index (χ1v) is 9.05. The number of ether oxygens (including phenoxy) is 1. The summed E-state index contributed by atoms with van der Waals surface area (Å²) in [6, 6.07) is 15.1. The molecule has 0 N–H and O–H groups in total. The van der Waals surface area contributed by atoms with Gasteiger partial charge in [-0.25, -0.2) is 0 Å². The number of para-hydroxylation sites is 1. The molecule has 4 aromatic rings.